The van der Waals surface area contributed by atoms with E-state index in [1.165, 1.54) is 35.6 Å². The summed E-state index contributed by atoms with van der Waals surface area (Å²) in [5.41, 5.74) is 1.24. The summed E-state index contributed by atoms with van der Waals surface area (Å²) in [7, 11) is 0. The van der Waals surface area contributed by atoms with E-state index in [0.717, 1.165) is 15.2 Å². The van der Waals surface area contributed by atoms with E-state index >= 15 is 0 Å². The summed E-state index contributed by atoms with van der Waals surface area (Å²) in [6.07, 6.45) is 3.00. The Bertz CT molecular complexity index is 842. The quantitative estimate of drug-likeness (QED) is 0.704. The highest BCUT2D eigenvalue weighted by Crippen LogP contribution is 2.22. The number of para-hydroxylation sites is 1. The number of nitrogens with zero attached hydrogens (tertiary/aromatic N) is 1. The Morgan fingerprint density at radius 3 is 2.86 bits per heavy atom. The first-order valence-corrected chi connectivity index (χ1v) is 7.61. The molecule has 110 valence electrons. The van der Waals surface area contributed by atoms with Crippen LogP contribution in [-0.4, -0.2) is 10.9 Å². The van der Waals surface area contributed by atoms with Gasteiger partial charge in [-0.1, -0.05) is 23.7 Å². The number of rotatable bonds is 3. The third kappa shape index (κ3) is 3.32. The van der Waals surface area contributed by atoms with Crippen molar-refractivity contribution in [2.45, 2.75) is 0 Å². The Balaban J connectivity index is 1.71. The number of benzene rings is 2. The standard InChI is InChI=1S/C16H10ClFN2OS/c17-11-6-5-10(9-12(11)18)19-15(21)7-8-16-20-13-3-1-2-4-14(13)22-16/h1-9H,(H,19,21)/b8-7+. The maximum Gasteiger partial charge on any atom is 0.248 e. The van der Waals surface area contributed by atoms with Crippen LogP contribution in [0, 0.1) is 5.82 Å². The smallest absolute Gasteiger partial charge is 0.248 e. The van der Waals surface area contributed by atoms with Crippen LogP contribution in [0.15, 0.2) is 48.5 Å². The molecule has 22 heavy (non-hydrogen) atoms. The van der Waals surface area contributed by atoms with E-state index in [1.54, 1.807) is 6.08 Å². The van der Waals surface area contributed by atoms with Crippen LogP contribution in [0.4, 0.5) is 10.1 Å². The van der Waals surface area contributed by atoms with Gasteiger partial charge in [0, 0.05) is 11.8 Å². The van der Waals surface area contributed by atoms with Crippen molar-refractivity contribution in [1.82, 2.24) is 4.98 Å². The number of anilines is 1. The maximum absolute atomic E-state index is 13.3. The highest BCUT2D eigenvalue weighted by molar-refractivity contribution is 7.19. The number of amides is 1. The van der Waals surface area contributed by atoms with E-state index in [4.69, 9.17) is 11.6 Å². The largest absolute Gasteiger partial charge is 0.322 e. The third-order valence-electron chi connectivity index (χ3n) is 2.87. The van der Waals surface area contributed by atoms with Crippen LogP contribution in [0.2, 0.25) is 5.02 Å². The average Bonchev–Trinajstić information content (AvgIpc) is 2.92. The summed E-state index contributed by atoms with van der Waals surface area (Å²) >= 11 is 7.08. The van der Waals surface area contributed by atoms with Gasteiger partial charge in [-0.05, 0) is 36.4 Å². The van der Waals surface area contributed by atoms with Gasteiger partial charge in [-0.2, -0.15) is 0 Å². The number of halogens is 2. The lowest BCUT2D eigenvalue weighted by atomic mass is 10.3. The molecule has 6 heteroatoms. The molecule has 1 heterocycles. The minimum absolute atomic E-state index is 0.0167. The van der Waals surface area contributed by atoms with E-state index in [9.17, 15) is 9.18 Å². The number of carbonyl (C=O) groups is 1. The predicted molar refractivity (Wildman–Crippen MR) is 88.7 cm³/mol. The third-order valence-corrected chi connectivity index (χ3v) is 4.18. The molecule has 1 aromatic heterocycles. The number of carbonyl (C=O) groups excluding carboxylic acids is 1. The normalized spacial score (nSPS) is 11.2. The van der Waals surface area contributed by atoms with E-state index in [1.807, 2.05) is 24.3 Å². The highest BCUT2D eigenvalue weighted by Gasteiger charge is 2.04. The molecule has 3 nitrogen and oxygen atoms in total. The first-order chi connectivity index (χ1) is 10.6. The van der Waals surface area contributed by atoms with Gasteiger partial charge in [-0.25, -0.2) is 9.37 Å². The van der Waals surface area contributed by atoms with E-state index in [2.05, 4.69) is 10.3 Å². The number of thiazole rings is 1. The van der Waals surface area contributed by atoms with Crippen LogP contribution in [0.1, 0.15) is 5.01 Å². The van der Waals surface area contributed by atoms with Crippen LogP contribution in [0.3, 0.4) is 0 Å². The monoisotopic (exact) mass is 332 g/mol. The summed E-state index contributed by atoms with van der Waals surface area (Å²) in [4.78, 5) is 16.2. The first kappa shape index (κ1) is 14.7. The van der Waals surface area contributed by atoms with Crippen LogP contribution < -0.4 is 5.32 Å². The molecular weight excluding hydrogens is 323 g/mol. The van der Waals surface area contributed by atoms with Gasteiger partial charge in [0.1, 0.15) is 10.8 Å². The molecular formula is C16H10ClFN2OS. The average molecular weight is 333 g/mol. The SMILES string of the molecule is O=C(/C=C/c1nc2ccccc2s1)Nc1ccc(Cl)c(F)c1. The Kier molecular flexibility index (Phi) is 4.18. The second-order valence-electron chi connectivity index (χ2n) is 4.47. The number of hydrogen-bond donors (Lipinski definition) is 1. The van der Waals surface area contributed by atoms with Crippen molar-refractivity contribution in [2.24, 2.45) is 0 Å². The zero-order valence-corrected chi connectivity index (χ0v) is 12.8. The molecule has 1 amide bonds. The summed E-state index contributed by atoms with van der Waals surface area (Å²) in [6, 6.07) is 11.8. The van der Waals surface area contributed by atoms with Gasteiger partial charge in [0.2, 0.25) is 5.91 Å². The number of aromatic nitrogens is 1. The van der Waals surface area contributed by atoms with Crippen molar-refractivity contribution in [1.29, 1.82) is 0 Å². The van der Waals surface area contributed by atoms with Crippen LogP contribution in [0.25, 0.3) is 16.3 Å². The predicted octanol–water partition coefficient (Wildman–Crippen LogP) is 4.74. The summed E-state index contributed by atoms with van der Waals surface area (Å²) in [5, 5.41) is 3.32. The molecule has 0 spiro atoms. The van der Waals surface area contributed by atoms with E-state index < -0.39 is 5.82 Å². The second-order valence-corrected chi connectivity index (χ2v) is 5.94. The van der Waals surface area contributed by atoms with Crippen molar-refractivity contribution < 1.29 is 9.18 Å². The molecule has 0 radical (unpaired) electrons. The fraction of sp³-hybridized carbons (Fsp3) is 0. The number of nitrogens with one attached hydrogen (secondary N) is 1. The van der Waals surface area contributed by atoms with Crippen LogP contribution in [-0.2, 0) is 4.79 Å². The maximum atomic E-state index is 13.3. The lowest BCUT2D eigenvalue weighted by Gasteiger charge is -2.02. The Morgan fingerprint density at radius 2 is 2.09 bits per heavy atom. The van der Waals surface area contributed by atoms with Gasteiger partial charge in [-0.15, -0.1) is 11.3 Å². The number of fused-ring (bicyclic) bond motifs is 1. The summed E-state index contributed by atoms with van der Waals surface area (Å²) in [5.74, 6) is -0.935. The van der Waals surface area contributed by atoms with Gasteiger partial charge < -0.3 is 5.32 Å². The Labute approximate surface area is 135 Å². The van der Waals surface area contributed by atoms with Crippen LogP contribution in [0.5, 0.6) is 0 Å². The van der Waals surface area contributed by atoms with E-state index in [0.29, 0.717) is 5.69 Å². The molecule has 1 N–H and O–H groups in total. The summed E-state index contributed by atoms with van der Waals surface area (Å²) < 4.78 is 14.3. The molecule has 0 fully saturated rings. The lowest BCUT2D eigenvalue weighted by molar-refractivity contribution is -0.111. The molecule has 0 atom stereocenters. The van der Waals surface area contributed by atoms with E-state index in [-0.39, 0.29) is 10.9 Å². The molecule has 2 aromatic carbocycles. The Hall–Kier alpha value is -2.24. The van der Waals surface area contributed by atoms with Crippen molar-refractivity contribution in [3.63, 3.8) is 0 Å². The molecule has 0 unspecified atom stereocenters. The van der Waals surface area contributed by atoms with Gasteiger partial charge in [-0.3, -0.25) is 4.79 Å². The van der Waals surface area contributed by atoms with Gasteiger partial charge in [0.15, 0.2) is 0 Å². The lowest BCUT2D eigenvalue weighted by Crippen LogP contribution is -2.07. The highest BCUT2D eigenvalue weighted by atomic mass is 35.5. The fourth-order valence-corrected chi connectivity index (χ4v) is 2.85. The Morgan fingerprint density at radius 1 is 1.27 bits per heavy atom. The topological polar surface area (TPSA) is 42.0 Å². The molecule has 3 rings (SSSR count). The second kappa shape index (κ2) is 6.25. The zero-order chi connectivity index (χ0) is 15.5. The van der Waals surface area contributed by atoms with Crippen molar-refractivity contribution in [3.05, 3.63) is 64.4 Å². The van der Waals surface area contributed by atoms with Crippen molar-refractivity contribution in [3.8, 4) is 0 Å². The molecule has 3 aromatic rings. The molecule has 0 saturated carbocycles. The molecule has 0 bridgehead atoms. The minimum Gasteiger partial charge on any atom is -0.322 e. The zero-order valence-electron chi connectivity index (χ0n) is 11.2. The first-order valence-electron chi connectivity index (χ1n) is 6.41. The molecule has 0 aliphatic heterocycles. The minimum atomic E-state index is -0.574. The molecule has 0 aliphatic carbocycles. The van der Waals surface area contributed by atoms with Crippen molar-refractivity contribution in [2.75, 3.05) is 5.32 Å². The van der Waals surface area contributed by atoms with Gasteiger partial charge in [0.05, 0.1) is 15.2 Å². The number of hydrogen-bond acceptors (Lipinski definition) is 3. The fourth-order valence-electron chi connectivity index (χ4n) is 1.87. The van der Waals surface area contributed by atoms with Crippen LogP contribution >= 0.6 is 22.9 Å². The molecule has 0 aliphatic rings. The summed E-state index contributed by atoms with van der Waals surface area (Å²) in [6.45, 7) is 0. The molecule has 0 saturated heterocycles. The van der Waals surface area contributed by atoms with Gasteiger partial charge >= 0.3 is 0 Å². The van der Waals surface area contributed by atoms with Crippen molar-refractivity contribution >= 4 is 50.8 Å². The van der Waals surface area contributed by atoms with Gasteiger partial charge in [0.25, 0.3) is 0 Å².